The lowest BCUT2D eigenvalue weighted by Gasteiger charge is -2.25. The predicted molar refractivity (Wildman–Crippen MR) is 68.1 cm³/mol. The molecule has 1 N–H and O–H groups in total. The van der Waals surface area contributed by atoms with Gasteiger partial charge in [0.25, 0.3) is 0 Å². The van der Waals surface area contributed by atoms with Crippen molar-refractivity contribution in [3.8, 4) is 0 Å². The zero-order valence-corrected chi connectivity index (χ0v) is 11.7. The van der Waals surface area contributed by atoms with E-state index < -0.39 is 5.60 Å². The SMILES string of the molecule is CCC(C)(OC)c1noc(C2CC(C)CCN2)n1. The van der Waals surface area contributed by atoms with E-state index in [9.17, 15) is 0 Å². The van der Waals surface area contributed by atoms with Crippen LogP contribution in [0.1, 0.15) is 57.8 Å². The number of hydrogen-bond acceptors (Lipinski definition) is 5. The summed E-state index contributed by atoms with van der Waals surface area (Å²) >= 11 is 0. The van der Waals surface area contributed by atoms with Gasteiger partial charge in [-0.15, -0.1) is 0 Å². The van der Waals surface area contributed by atoms with Crippen molar-refractivity contribution in [1.82, 2.24) is 15.5 Å². The third kappa shape index (κ3) is 2.57. The first-order chi connectivity index (χ1) is 8.59. The molecule has 0 bridgehead atoms. The zero-order chi connectivity index (χ0) is 13.2. The van der Waals surface area contributed by atoms with Crippen LogP contribution in [0.25, 0.3) is 0 Å². The maximum Gasteiger partial charge on any atom is 0.243 e. The van der Waals surface area contributed by atoms with E-state index >= 15 is 0 Å². The lowest BCUT2D eigenvalue weighted by Crippen LogP contribution is -2.31. The van der Waals surface area contributed by atoms with Crippen LogP contribution in [0.3, 0.4) is 0 Å². The molecule has 0 saturated carbocycles. The summed E-state index contributed by atoms with van der Waals surface area (Å²) in [6.45, 7) is 7.31. The molecule has 1 aliphatic rings. The summed E-state index contributed by atoms with van der Waals surface area (Å²) in [6, 6.07) is 0.188. The number of aromatic nitrogens is 2. The van der Waals surface area contributed by atoms with Crippen molar-refractivity contribution in [2.75, 3.05) is 13.7 Å². The molecule has 3 unspecified atom stereocenters. The summed E-state index contributed by atoms with van der Waals surface area (Å²) in [5.41, 5.74) is -0.456. The second-order valence-corrected chi connectivity index (χ2v) is 5.38. The zero-order valence-electron chi connectivity index (χ0n) is 11.7. The highest BCUT2D eigenvalue weighted by Crippen LogP contribution is 2.29. The summed E-state index contributed by atoms with van der Waals surface area (Å²) in [7, 11) is 1.68. The van der Waals surface area contributed by atoms with Crippen LogP contribution < -0.4 is 5.32 Å². The summed E-state index contributed by atoms with van der Waals surface area (Å²) in [4.78, 5) is 4.52. The largest absolute Gasteiger partial charge is 0.370 e. The molecule has 0 radical (unpaired) electrons. The Labute approximate surface area is 108 Å². The number of rotatable bonds is 4. The summed E-state index contributed by atoms with van der Waals surface area (Å²) in [6.07, 6.45) is 3.08. The third-order valence-electron chi connectivity index (χ3n) is 4.00. The first kappa shape index (κ1) is 13.5. The molecule has 1 aliphatic heterocycles. The highest BCUT2D eigenvalue weighted by atomic mass is 16.5. The Morgan fingerprint density at radius 3 is 2.94 bits per heavy atom. The minimum atomic E-state index is -0.456. The highest BCUT2D eigenvalue weighted by Gasteiger charge is 2.32. The molecule has 0 amide bonds. The maximum absolute atomic E-state index is 5.49. The van der Waals surface area contributed by atoms with Crippen molar-refractivity contribution in [2.24, 2.45) is 5.92 Å². The Balaban J connectivity index is 2.14. The van der Waals surface area contributed by atoms with Crippen molar-refractivity contribution in [3.63, 3.8) is 0 Å². The number of nitrogens with one attached hydrogen (secondary N) is 1. The Kier molecular flexibility index (Phi) is 4.02. The summed E-state index contributed by atoms with van der Waals surface area (Å²) in [5, 5.41) is 7.51. The lowest BCUT2D eigenvalue weighted by atomic mass is 9.94. The molecule has 1 aromatic rings. The van der Waals surface area contributed by atoms with Gasteiger partial charge in [-0.2, -0.15) is 4.98 Å². The van der Waals surface area contributed by atoms with E-state index in [2.05, 4.69) is 29.3 Å². The van der Waals surface area contributed by atoms with Crippen molar-refractivity contribution < 1.29 is 9.26 Å². The number of ether oxygens (including phenoxy) is 1. The van der Waals surface area contributed by atoms with E-state index in [4.69, 9.17) is 9.26 Å². The second-order valence-electron chi connectivity index (χ2n) is 5.38. The first-order valence-corrected chi connectivity index (χ1v) is 6.71. The van der Waals surface area contributed by atoms with Crippen molar-refractivity contribution in [2.45, 2.75) is 51.7 Å². The maximum atomic E-state index is 5.49. The van der Waals surface area contributed by atoms with Crippen molar-refractivity contribution in [3.05, 3.63) is 11.7 Å². The molecular formula is C13H23N3O2. The molecule has 0 aromatic carbocycles. The molecule has 5 heteroatoms. The fourth-order valence-electron chi connectivity index (χ4n) is 2.28. The Morgan fingerprint density at radius 1 is 1.56 bits per heavy atom. The average Bonchev–Trinajstić information content (AvgIpc) is 2.88. The van der Waals surface area contributed by atoms with Crippen LogP contribution in [0.5, 0.6) is 0 Å². The molecule has 1 aromatic heterocycles. The number of nitrogens with zero attached hydrogens (tertiary/aromatic N) is 2. The number of methoxy groups -OCH3 is 1. The van der Waals surface area contributed by atoms with Crippen molar-refractivity contribution in [1.29, 1.82) is 0 Å². The summed E-state index contributed by atoms with van der Waals surface area (Å²) in [5.74, 6) is 2.03. The minimum absolute atomic E-state index is 0.188. The molecule has 1 fully saturated rings. The van der Waals surface area contributed by atoms with Gasteiger partial charge in [-0.3, -0.25) is 0 Å². The molecule has 5 nitrogen and oxygen atoms in total. The van der Waals surface area contributed by atoms with Crippen LogP contribution in [-0.4, -0.2) is 23.8 Å². The quantitative estimate of drug-likeness (QED) is 0.892. The molecule has 1 saturated heterocycles. The van der Waals surface area contributed by atoms with E-state index in [0.29, 0.717) is 17.6 Å². The highest BCUT2D eigenvalue weighted by molar-refractivity contribution is 5.02. The second kappa shape index (κ2) is 5.36. The van der Waals surface area contributed by atoms with E-state index in [1.165, 1.54) is 6.42 Å². The van der Waals surface area contributed by atoms with Gasteiger partial charge in [0.1, 0.15) is 5.60 Å². The van der Waals surface area contributed by atoms with Gasteiger partial charge in [0, 0.05) is 7.11 Å². The van der Waals surface area contributed by atoms with Gasteiger partial charge in [0.05, 0.1) is 6.04 Å². The van der Waals surface area contributed by atoms with Crippen LogP contribution >= 0.6 is 0 Å². The molecule has 0 spiro atoms. The van der Waals surface area contributed by atoms with Gasteiger partial charge in [0.2, 0.25) is 11.7 Å². The van der Waals surface area contributed by atoms with Crippen LogP contribution in [0.4, 0.5) is 0 Å². The smallest absolute Gasteiger partial charge is 0.243 e. The molecule has 18 heavy (non-hydrogen) atoms. The molecule has 2 rings (SSSR count). The normalized spacial score (nSPS) is 28.0. The van der Waals surface area contributed by atoms with Gasteiger partial charge in [0.15, 0.2) is 0 Å². The number of hydrogen-bond donors (Lipinski definition) is 1. The molecule has 2 heterocycles. The van der Waals surface area contributed by atoms with Crippen LogP contribution in [-0.2, 0) is 10.3 Å². The standard InChI is InChI=1S/C13H23N3O2/c1-5-13(3,17-4)12-15-11(18-16-12)10-8-9(2)6-7-14-10/h9-10,14H,5-8H2,1-4H3. The summed E-state index contributed by atoms with van der Waals surface area (Å²) < 4.78 is 10.9. The molecular weight excluding hydrogens is 230 g/mol. The molecule has 102 valence electrons. The first-order valence-electron chi connectivity index (χ1n) is 6.71. The van der Waals surface area contributed by atoms with Crippen LogP contribution in [0, 0.1) is 5.92 Å². The van der Waals surface area contributed by atoms with E-state index in [-0.39, 0.29) is 6.04 Å². The van der Waals surface area contributed by atoms with Crippen LogP contribution in [0.15, 0.2) is 4.52 Å². The van der Waals surface area contributed by atoms with Crippen molar-refractivity contribution >= 4 is 0 Å². The van der Waals surface area contributed by atoms with Gasteiger partial charge >= 0.3 is 0 Å². The van der Waals surface area contributed by atoms with E-state index in [0.717, 1.165) is 19.4 Å². The monoisotopic (exact) mass is 253 g/mol. The lowest BCUT2D eigenvalue weighted by molar-refractivity contribution is -0.0106. The van der Waals surface area contributed by atoms with Gasteiger partial charge in [-0.25, -0.2) is 0 Å². The average molecular weight is 253 g/mol. The van der Waals surface area contributed by atoms with Gasteiger partial charge in [-0.1, -0.05) is 19.0 Å². The van der Waals surface area contributed by atoms with Gasteiger partial charge in [-0.05, 0) is 38.6 Å². The third-order valence-corrected chi connectivity index (χ3v) is 4.00. The Morgan fingerprint density at radius 2 is 2.33 bits per heavy atom. The minimum Gasteiger partial charge on any atom is -0.370 e. The predicted octanol–water partition coefficient (Wildman–Crippen LogP) is 2.40. The molecule has 0 aliphatic carbocycles. The number of piperidine rings is 1. The Bertz CT molecular complexity index is 387. The topological polar surface area (TPSA) is 60.2 Å². The fourth-order valence-corrected chi connectivity index (χ4v) is 2.28. The van der Waals surface area contributed by atoms with E-state index in [1.54, 1.807) is 7.11 Å². The fraction of sp³-hybridized carbons (Fsp3) is 0.846. The molecule has 3 atom stereocenters. The van der Waals surface area contributed by atoms with Crippen LogP contribution in [0.2, 0.25) is 0 Å². The van der Waals surface area contributed by atoms with Gasteiger partial charge < -0.3 is 14.6 Å². The van der Waals surface area contributed by atoms with E-state index in [1.807, 2.05) is 6.92 Å². The Hall–Kier alpha value is -0.940.